The van der Waals surface area contributed by atoms with Crippen molar-refractivity contribution in [2.75, 3.05) is 0 Å². The summed E-state index contributed by atoms with van der Waals surface area (Å²) >= 11 is 0. The van der Waals surface area contributed by atoms with Crippen LogP contribution in [0.15, 0.2) is 60.7 Å². The molecule has 4 heteroatoms. The van der Waals surface area contributed by atoms with E-state index in [-0.39, 0.29) is 30.3 Å². The average molecular weight is 339 g/mol. The van der Waals surface area contributed by atoms with E-state index in [1.165, 1.54) is 0 Å². The molecule has 0 unspecified atom stereocenters. The van der Waals surface area contributed by atoms with Gasteiger partial charge >= 0.3 is 6.09 Å². The Balaban J connectivity index is 1.97. The van der Waals surface area contributed by atoms with E-state index in [1.54, 1.807) is 12.1 Å². The normalized spacial score (nSPS) is 13.1. The molecule has 1 amide bonds. The van der Waals surface area contributed by atoms with Crippen molar-refractivity contribution in [2.45, 2.75) is 33.4 Å². The Hall–Kier alpha value is -2.62. The Bertz CT molecular complexity index is 683. The summed E-state index contributed by atoms with van der Waals surface area (Å²) in [6.07, 6.45) is -0.504. The van der Waals surface area contributed by atoms with Crippen molar-refractivity contribution in [1.82, 2.24) is 5.32 Å². The molecule has 0 saturated carbocycles. The zero-order valence-electron chi connectivity index (χ0n) is 14.9. The van der Waals surface area contributed by atoms with Crippen LogP contribution in [-0.4, -0.2) is 17.9 Å². The molecule has 0 aliphatic heterocycles. The molecule has 0 aromatic heterocycles. The molecule has 2 atom stereocenters. The summed E-state index contributed by atoms with van der Waals surface area (Å²) in [6.45, 7) is 6.02. The van der Waals surface area contributed by atoms with Gasteiger partial charge in [0.25, 0.3) is 0 Å². The maximum Gasteiger partial charge on any atom is 0.407 e. The van der Waals surface area contributed by atoms with Crippen LogP contribution in [0.3, 0.4) is 0 Å². The van der Waals surface area contributed by atoms with Crippen LogP contribution in [0.1, 0.15) is 36.7 Å². The molecule has 0 aliphatic carbocycles. The third kappa shape index (κ3) is 5.45. The van der Waals surface area contributed by atoms with Crippen molar-refractivity contribution >= 4 is 11.9 Å². The summed E-state index contributed by atoms with van der Waals surface area (Å²) in [5, 5.41) is 2.86. The second-order valence-corrected chi connectivity index (χ2v) is 6.49. The van der Waals surface area contributed by atoms with Crippen molar-refractivity contribution < 1.29 is 14.3 Å². The number of ether oxygens (including phenoxy) is 1. The van der Waals surface area contributed by atoms with Crippen LogP contribution >= 0.6 is 0 Å². The van der Waals surface area contributed by atoms with Crippen LogP contribution in [0.5, 0.6) is 0 Å². The number of Topliss-reactive ketones (excluding diaryl/α,β-unsaturated/α-hetero) is 1. The molecule has 2 rings (SSSR count). The number of carbonyl (C=O) groups excluding carboxylic acids is 2. The molecule has 2 aromatic carbocycles. The largest absolute Gasteiger partial charge is 0.445 e. The lowest BCUT2D eigenvalue weighted by molar-refractivity contribution is 0.0869. The Morgan fingerprint density at radius 2 is 1.48 bits per heavy atom. The van der Waals surface area contributed by atoms with Crippen molar-refractivity contribution in [3.63, 3.8) is 0 Å². The fraction of sp³-hybridized carbons (Fsp3) is 0.333. The lowest BCUT2D eigenvalue weighted by atomic mass is 9.86. The number of alkyl carbamates (subject to hydrolysis) is 1. The molecule has 0 saturated heterocycles. The highest BCUT2D eigenvalue weighted by Gasteiger charge is 2.29. The standard InChI is InChI=1S/C21H25NO3/c1-15(2)19(16(3)20(23)18-12-8-5-9-13-18)22-21(24)25-14-17-10-6-4-7-11-17/h4-13,15-16,19H,14H2,1-3H3,(H,22,24)/t16-,19-/m0/s1. The highest BCUT2D eigenvalue weighted by molar-refractivity contribution is 5.98. The molecule has 0 spiro atoms. The Morgan fingerprint density at radius 3 is 2.04 bits per heavy atom. The van der Waals surface area contributed by atoms with Crippen molar-refractivity contribution in [1.29, 1.82) is 0 Å². The van der Waals surface area contributed by atoms with Crippen LogP contribution in [0.2, 0.25) is 0 Å². The van der Waals surface area contributed by atoms with Gasteiger partial charge in [-0.1, -0.05) is 81.4 Å². The fourth-order valence-electron chi connectivity index (χ4n) is 2.80. The topological polar surface area (TPSA) is 55.4 Å². The quantitative estimate of drug-likeness (QED) is 0.758. The second-order valence-electron chi connectivity index (χ2n) is 6.49. The van der Waals surface area contributed by atoms with Gasteiger partial charge in [-0.05, 0) is 11.5 Å². The fourth-order valence-corrected chi connectivity index (χ4v) is 2.80. The van der Waals surface area contributed by atoms with E-state index in [9.17, 15) is 9.59 Å². The molecular formula is C21H25NO3. The number of nitrogens with one attached hydrogen (secondary N) is 1. The number of amides is 1. The van der Waals surface area contributed by atoms with Crippen LogP contribution in [0.25, 0.3) is 0 Å². The summed E-state index contributed by atoms with van der Waals surface area (Å²) in [5.74, 6) is -0.221. The molecule has 0 radical (unpaired) electrons. The van der Waals surface area contributed by atoms with Gasteiger partial charge in [0.05, 0.1) is 0 Å². The minimum atomic E-state index is -0.504. The van der Waals surface area contributed by atoms with Crippen LogP contribution < -0.4 is 5.32 Å². The summed E-state index contributed by atoms with van der Waals surface area (Å²) in [4.78, 5) is 24.8. The molecule has 25 heavy (non-hydrogen) atoms. The third-order valence-corrected chi connectivity index (χ3v) is 4.23. The maximum atomic E-state index is 12.7. The van der Waals surface area contributed by atoms with Gasteiger partial charge in [0.1, 0.15) is 6.61 Å². The molecule has 2 aromatic rings. The lowest BCUT2D eigenvalue weighted by Gasteiger charge is -2.27. The van der Waals surface area contributed by atoms with E-state index in [2.05, 4.69) is 5.32 Å². The first-order chi connectivity index (χ1) is 12.0. The zero-order chi connectivity index (χ0) is 18.2. The maximum absolute atomic E-state index is 12.7. The molecule has 1 N–H and O–H groups in total. The smallest absolute Gasteiger partial charge is 0.407 e. The predicted octanol–water partition coefficient (Wildman–Crippen LogP) is 4.46. The molecular weight excluding hydrogens is 314 g/mol. The number of ketones is 1. The van der Waals surface area contributed by atoms with Crippen molar-refractivity contribution in [2.24, 2.45) is 11.8 Å². The molecule has 4 nitrogen and oxygen atoms in total. The lowest BCUT2D eigenvalue weighted by Crippen LogP contribution is -2.45. The summed E-state index contributed by atoms with van der Waals surface area (Å²) in [6, 6.07) is 18.4. The number of rotatable bonds is 7. The Kier molecular flexibility index (Phi) is 6.75. The number of hydrogen-bond acceptors (Lipinski definition) is 3. The Morgan fingerprint density at radius 1 is 0.920 bits per heavy atom. The average Bonchev–Trinajstić information content (AvgIpc) is 2.64. The molecule has 0 bridgehead atoms. The SMILES string of the molecule is CC(C)[C@H](NC(=O)OCc1ccccc1)[C@H](C)C(=O)c1ccccc1. The van der Waals surface area contributed by atoms with Gasteiger partial charge in [-0.25, -0.2) is 4.79 Å². The molecule has 0 heterocycles. The number of benzene rings is 2. The Labute approximate surface area is 149 Å². The van der Waals surface area contributed by atoms with E-state index < -0.39 is 6.09 Å². The monoisotopic (exact) mass is 339 g/mol. The first-order valence-corrected chi connectivity index (χ1v) is 8.55. The van der Waals surface area contributed by atoms with Gasteiger partial charge in [0.2, 0.25) is 0 Å². The number of carbonyl (C=O) groups is 2. The van der Waals surface area contributed by atoms with Crippen LogP contribution in [0, 0.1) is 11.8 Å². The first kappa shape index (κ1) is 18.7. The van der Waals surface area contributed by atoms with Gasteiger partial charge in [-0.3, -0.25) is 4.79 Å². The van der Waals surface area contributed by atoms with Gasteiger partial charge < -0.3 is 10.1 Å². The van der Waals surface area contributed by atoms with E-state index in [1.807, 2.05) is 69.3 Å². The van der Waals surface area contributed by atoms with Gasteiger partial charge in [-0.2, -0.15) is 0 Å². The summed E-state index contributed by atoms with van der Waals surface area (Å²) in [7, 11) is 0. The third-order valence-electron chi connectivity index (χ3n) is 4.23. The minimum absolute atomic E-state index is 0.0164. The molecule has 132 valence electrons. The van der Waals surface area contributed by atoms with E-state index >= 15 is 0 Å². The summed E-state index contributed by atoms with van der Waals surface area (Å²) < 4.78 is 5.28. The first-order valence-electron chi connectivity index (χ1n) is 8.55. The van der Waals surface area contributed by atoms with E-state index in [0.717, 1.165) is 5.56 Å². The minimum Gasteiger partial charge on any atom is -0.445 e. The number of hydrogen-bond donors (Lipinski definition) is 1. The van der Waals surface area contributed by atoms with Crippen LogP contribution in [0.4, 0.5) is 4.79 Å². The van der Waals surface area contributed by atoms with Crippen molar-refractivity contribution in [3.8, 4) is 0 Å². The van der Waals surface area contributed by atoms with E-state index in [0.29, 0.717) is 5.56 Å². The highest BCUT2D eigenvalue weighted by atomic mass is 16.5. The van der Waals surface area contributed by atoms with Gasteiger partial charge in [0, 0.05) is 17.5 Å². The van der Waals surface area contributed by atoms with Crippen molar-refractivity contribution in [3.05, 3.63) is 71.8 Å². The van der Waals surface area contributed by atoms with E-state index in [4.69, 9.17) is 4.74 Å². The zero-order valence-corrected chi connectivity index (χ0v) is 14.9. The second kappa shape index (κ2) is 9.02. The van der Waals surface area contributed by atoms with Crippen LogP contribution in [-0.2, 0) is 11.3 Å². The predicted molar refractivity (Wildman–Crippen MR) is 98.3 cm³/mol. The highest BCUT2D eigenvalue weighted by Crippen LogP contribution is 2.18. The van der Waals surface area contributed by atoms with Gasteiger partial charge in [0.15, 0.2) is 5.78 Å². The summed E-state index contributed by atoms with van der Waals surface area (Å²) in [5.41, 5.74) is 1.58. The molecule has 0 fully saturated rings. The molecule has 0 aliphatic rings. The van der Waals surface area contributed by atoms with Gasteiger partial charge in [-0.15, -0.1) is 0 Å².